The van der Waals surface area contributed by atoms with Gasteiger partial charge in [0, 0.05) is 44.7 Å². The van der Waals surface area contributed by atoms with E-state index in [1.807, 2.05) is 33.8 Å². The van der Waals surface area contributed by atoms with E-state index in [9.17, 15) is 14.4 Å². The zero-order valence-corrected chi connectivity index (χ0v) is 30.4. The molecule has 2 aromatic heterocycles. The molecule has 2 aliphatic heterocycles. The number of carbonyl (C=O) groups excluding carboxylic acids is 3. The molecular formula is C34H50N6O6S2. The van der Waals surface area contributed by atoms with Crippen LogP contribution in [0, 0.1) is 30.6 Å². The van der Waals surface area contributed by atoms with Crippen LogP contribution in [0.15, 0.2) is 11.1 Å². The largest absolute Gasteiger partial charge is 0.465 e. The molecule has 4 rings (SSSR count). The van der Waals surface area contributed by atoms with Crippen molar-refractivity contribution in [2.75, 3.05) is 97.6 Å². The highest BCUT2D eigenvalue weighted by Gasteiger charge is 2.25. The summed E-state index contributed by atoms with van der Waals surface area (Å²) >= 11 is 2.80. The molecule has 12 nitrogen and oxygen atoms in total. The van der Waals surface area contributed by atoms with E-state index in [1.165, 1.54) is 23.1 Å². The van der Waals surface area contributed by atoms with Crippen molar-refractivity contribution in [1.82, 2.24) is 30.0 Å². The van der Waals surface area contributed by atoms with E-state index < -0.39 is 0 Å². The van der Waals surface area contributed by atoms with Crippen LogP contribution < -0.4 is 5.32 Å². The Kier molecular flexibility index (Phi) is 15.8. The zero-order chi connectivity index (χ0) is 34.3. The van der Waals surface area contributed by atoms with Crippen molar-refractivity contribution < 1.29 is 28.6 Å². The van der Waals surface area contributed by atoms with Crippen molar-refractivity contribution in [3.05, 3.63) is 16.8 Å². The van der Waals surface area contributed by atoms with E-state index in [2.05, 4.69) is 41.8 Å². The number of rotatable bonds is 16. The van der Waals surface area contributed by atoms with Gasteiger partial charge in [0.25, 0.3) is 0 Å². The molecule has 0 aliphatic carbocycles. The van der Waals surface area contributed by atoms with Crippen LogP contribution in [0.5, 0.6) is 0 Å². The van der Waals surface area contributed by atoms with Crippen molar-refractivity contribution in [3.63, 3.8) is 0 Å². The number of amides is 1. The SMILES string of the molecule is CCOC(=O)CN1CCC(CN2CCN(CCOCC(=O)NCC#Cc3cc4c(SCC(=O)OCC(C)C)nc(C)nc4s3)CC2)CC1. The van der Waals surface area contributed by atoms with Crippen LogP contribution in [0.2, 0.25) is 0 Å². The number of fused-ring (bicyclic) bond motifs is 1. The molecule has 1 amide bonds. The van der Waals surface area contributed by atoms with Gasteiger partial charge in [0.15, 0.2) is 0 Å². The summed E-state index contributed by atoms with van der Waals surface area (Å²) in [6.07, 6.45) is 2.25. The number of aryl methyl sites for hydroxylation is 1. The van der Waals surface area contributed by atoms with Gasteiger partial charge in [-0.15, -0.1) is 11.3 Å². The Hall–Kier alpha value is -2.80. The van der Waals surface area contributed by atoms with E-state index in [1.54, 1.807) is 0 Å². The smallest absolute Gasteiger partial charge is 0.320 e. The lowest BCUT2D eigenvalue weighted by Crippen LogP contribution is -2.49. The predicted molar refractivity (Wildman–Crippen MR) is 188 cm³/mol. The molecule has 4 heterocycles. The van der Waals surface area contributed by atoms with E-state index in [4.69, 9.17) is 14.2 Å². The molecule has 0 saturated carbocycles. The number of nitrogens with one attached hydrogen (secondary N) is 1. The second kappa shape index (κ2) is 20.0. The number of piperazine rings is 1. The van der Waals surface area contributed by atoms with Crippen molar-refractivity contribution in [2.45, 2.75) is 45.6 Å². The van der Waals surface area contributed by atoms with Gasteiger partial charge in [0.2, 0.25) is 5.91 Å². The lowest BCUT2D eigenvalue weighted by atomic mass is 9.96. The average Bonchev–Trinajstić information content (AvgIpc) is 3.47. The molecular weight excluding hydrogens is 653 g/mol. The summed E-state index contributed by atoms with van der Waals surface area (Å²) in [6, 6.07) is 1.93. The van der Waals surface area contributed by atoms with Crippen LogP contribution in [-0.2, 0) is 28.6 Å². The Bertz CT molecular complexity index is 1410. The summed E-state index contributed by atoms with van der Waals surface area (Å²) in [5, 5.41) is 4.39. The first-order chi connectivity index (χ1) is 23.2. The highest BCUT2D eigenvalue weighted by Crippen LogP contribution is 2.31. The predicted octanol–water partition coefficient (Wildman–Crippen LogP) is 2.67. The Morgan fingerprint density at radius 1 is 1.04 bits per heavy atom. The first-order valence-corrected chi connectivity index (χ1v) is 18.7. The molecule has 2 aromatic rings. The van der Waals surface area contributed by atoms with Gasteiger partial charge < -0.3 is 24.4 Å². The minimum atomic E-state index is -0.264. The van der Waals surface area contributed by atoms with Crippen LogP contribution in [0.25, 0.3) is 10.2 Å². The zero-order valence-electron chi connectivity index (χ0n) is 28.8. The van der Waals surface area contributed by atoms with E-state index >= 15 is 0 Å². The topological polar surface area (TPSA) is 126 Å². The van der Waals surface area contributed by atoms with Gasteiger partial charge in [-0.25, -0.2) is 9.97 Å². The number of aromatic nitrogens is 2. The maximum absolute atomic E-state index is 12.3. The van der Waals surface area contributed by atoms with E-state index in [-0.39, 0.29) is 42.7 Å². The van der Waals surface area contributed by atoms with E-state index in [0.717, 1.165) is 85.3 Å². The molecule has 0 atom stereocenters. The third kappa shape index (κ3) is 13.2. The monoisotopic (exact) mass is 702 g/mol. The first kappa shape index (κ1) is 38.0. The van der Waals surface area contributed by atoms with Crippen LogP contribution in [0.1, 0.15) is 44.3 Å². The summed E-state index contributed by atoms with van der Waals surface area (Å²) in [5.74, 6) is 7.31. The average molecular weight is 703 g/mol. The molecule has 1 N–H and O–H groups in total. The summed E-state index contributed by atoms with van der Waals surface area (Å²) in [5.41, 5.74) is 0. The minimum Gasteiger partial charge on any atom is -0.465 e. The molecule has 0 unspecified atom stereocenters. The van der Waals surface area contributed by atoms with Gasteiger partial charge in [0.1, 0.15) is 22.3 Å². The van der Waals surface area contributed by atoms with E-state index in [0.29, 0.717) is 38.1 Å². The van der Waals surface area contributed by atoms with Gasteiger partial charge in [-0.2, -0.15) is 0 Å². The second-order valence-corrected chi connectivity index (χ2v) is 14.6. The highest BCUT2D eigenvalue weighted by atomic mass is 32.2. The Morgan fingerprint density at radius 2 is 1.79 bits per heavy atom. The Balaban J connectivity index is 1.07. The van der Waals surface area contributed by atoms with Crippen molar-refractivity contribution in [3.8, 4) is 11.8 Å². The molecule has 264 valence electrons. The number of nitrogens with zero attached hydrogens (tertiary/aromatic N) is 5. The second-order valence-electron chi connectivity index (χ2n) is 12.6. The van der Waals surface area contributed by atoms with Crippen molar-refractivity contribution in [2.24, 2.45) is 11.8 Å². The molecule has 0 bridgehead atoms. The Morgan fingerprint density at radius 3 is 2.52 bits per heavy atom. The van der Waals surface area contributed by atoms with Crippen LogP contribution >= 0.6 is 23.1 Å². The number of thioether (sulfide) groups is 1. The van der Waals surface area contributed by atoms with Crippen LogP contribution in [0.4, 0.5) is 0 Å². The molecule has 0 radical (unpaired) electrons. The minimum absolute atomic E-state index is 0.00838. The fourth-order valence-corrected chi connectivity index (χ4v) is 7.42. The van der Waals surface area contributed by atoms with Gasteiger partial charge >= 0.3 is 11.9 Å². The number of hydrogen-bond donors (Lipinski definition) is 1. The third-order valence-corrected chi connectivity index (χ3v) is 10.0. The summed E-state index contributed by atoms with van der Waals surface area (Å²) in [7, 11) is 0. The number of ether oxygens (including phenoxy) is 3. The third-order valence-electron chi connectivity index (χ3n) is 8.09. The van der Waals surface area contributed by atoms with Crippen molar-refractivity contribution >= 4 is 51.2 Å². The molecule has 48 heavy (non-hydrogen) atoms. The van der Waals surface area contributed by atoms with Crippen LogP contribution in [-0.4, -0.2) is 140 Å². The number of hydrogen-bond acceptors (Lipinski definition) is 13. The van der Waals surface area contributed by atoms with Gasteiger partial charge in [-0.3, -0.25) is 24.2 Å². The van der Waals surface area contributed by atoms with Crippen LogP contribution in [0.3, 0.4) is 0 Å². The molecule has 0 spiro atoms. The normalized spacial score (nSPS) is 16.5. The highest BCUT2D eigenvalue weighted by molar-refractivity contribution is 8.00. The van der Waals surface area contributed by atoms with Crippen molar-refractivity contribution in [1.29, 1.82) is 0 Å². The standard InChI is InChI=1S/C34H50N6O6S2/c1-5-45-31(42)21-39-11-8-27(9-12-39)20-40-15-13-38(14-16-40)17-18-44-23-30(41)35-10-6-7-28-19-29-33(36-26(4)37-34(29)48-28)47-24-32(43)46-22-25(2)3/h19,25,27H,5,8-18,20-24H2,1-4H3,(H,35,41). The molecule has 2 fully saturated rings. The van der Waals surface area contributed by atoms with Gasteiger partial charge in [0.05, 0.1) is 43.5 Å². The maximum Gasteiger partial charge on any atom is 0.320 e. The fourth-order valence-electron chi connectivity index (χ4n) is 5.56. The maximum atomic E-state index is 12.3. The first-order valence-electron chi connectivity index (χ1n) is 16.9. The summed E-state index contributed by atoms with van der Waals surface area (Å²) < 4.78 is 16.0. The lowest BCUT2D eigenvalue weighted by Gasteiger charge is -2.38. The Labute approximate surface area is 292 Å². The number of piperidine rings is 1. The molecule has 2 saturated heterocycles. The summed E-state index contributed by atoms with van der Waals surface area (Å²) in [6.45, 7) is 17.6. The fraction of sp³-hybridized carbons (Fsp3) is 0.676. The summed E-state index contributed by atoms with van der Waals surface area (Å²) in [4.78, 5) is 53.9. The number of likely N-dealkylation sites (tertiary alicyclic amines) is 1. The van der Waals surface area contributed by atoms with Gasteiger partial charge in [-0.1, -0.05) is 37.5 Å². The number of thiophene rings is 1. The van der Waals surface area contributed by atoms with Gasteiger partial charge in [-0.05, 0) is 57.7 Å². The number of esters is 2. The quantitative estimate of drug-likeness (QED) is 0.0909. The molecule has 2 aliphatic rings. The molecule has 14 heteroatoms. The molecule has 0 aromatic carbocycles. The number of carbonyl (C=O) groups is 3. The lowest BCUT2D eigenvalue weighted by molar-refractivity contribution is -0.145.